The number of carboxylic acids is 1. The van der Waals surface area contributed by atoms with Crippen LogP contribution in [0.5, 0.6) is 0 Å². The minimum Gasteiger partial charge on any atom is -0.480 e. The van der Waals surface area contributed by atoms with Crippen LogP contribution in [-0.2, 0) is 4.79 Å². The first-order valence-corrected chi connectivity index (χ1v) is 7.56. The standard InChI is InChI=1S/C15H33N3O2/c1-7-9-16-15(3,14(19)20)12-13(2)18(6)11-8-10-17(4)5/h13,16H,7-12H2,1-6H3,(H,19,20). The summed E-state index contributed by atoms with van der Waals surface area (Å²) in [7, 11) is 6.21. The third kappa shape index (κ3) is 7.22. The van der Waals surface area contributed by atoms with E-state index < -0.39 is 11.5 Å². The van der Waals surface area contributed by atoms with Gasteiger partial charge in [0, 0.05) is 6.04 Å². The summed E-state index contributed by atoms with van der Waals surface area (Å²) in [4.78, 5) is 15.9. The molecule has 2 atom stereocenters. The maximum absolute atomic E-state index is 11.5. The molecule has 5 heteroatoms. The summed E-state index contributed by atoms with van der Waals surface area (Å²) in [6, 6.07) is 0.239. The second-order valence-electron chi connectivity index (χ2n) is 6.25. The van der Waals surface area contributed by atoms with Gasteiger partial charge < -0.3 is 20.2 Å². The van der Waals surface area contributed by atoms with Gasteiger partial charge in [-0.3, -0.25) is 4.79 Å². The van der Waals surface area contributed by atoms with E-state index in [1.54, 1.807) is 6.92 Å². The van der Waals surface area contributed by atoms with Crippen LogP contribution in [0.3, 0.4) is 0 Å². The van der Waals surface area contributed by atoms with Crippen LogP contribution in [-0.4, -0.2) is 73.2 Å². The first kappa shape index (κ1) is 19.4. The average molecular weight is 287 g/mol. The molecule has 0 radical (unpaired) electrons. The predicted molar refractivity (Wildman–Crippen MR) is 84.2 cm³/mol. The number of carboxylic acid groups (broad SMARTS) is 1. The molecule has 2 N–H and O–H groups in total. The van der Waals surface area contributed by atoms with Crippen LogP contribution in [0.4, 0.5) is 0 Å². The van der Waals surface area contributed by atoms with Gasteiger partial charge in [0.15, 0.2) is 0 Å². The van der Waals surface area contributed by atoms with Crippen molar-refractivity contribution in [1.29, 1.82) is 0 Å². The van der Waals surface area contributed by atoms with Gasteiger partial charge in [0.2, 0.25) is 0 Å². The summed E-state index contributed by atoms with van der Waals surface area (Å²) in [6.45, 7) is 8.72. The molecule has 0 saturated heterocycles. The molecule has 0 rings (SSSR count). The van der Waals surface area contributed by atoms with Crippen molar-refractivity contribution in [3.63, 3.8) is 0 Å². The Hall–Kier alpha value is -0.650. The lowest BCUT2D eigenvalue weighted by atomic mass is 9.92. The van der Waals surface area contributed by atoms with E-state index in [4.69, 9.17) is 0 Å². The zero-order valence-corrected chi connectivity index (χ0v) is 14.1. The SMILES string of the molecule is CCCNC(C)(CC(C)N(C)CCCN(C)C)C(=O)O. The van der Waals surface area contributed by atoms with Crippen LogP contribution in [0, 0.1) is 0 Å². The Bertz CT molecular complexity index is 284. The highest BCUT2D eigenvalue weighted by atomic mass is 16.4. The van der Waals surface area contributed by atoms with Crippen molar-refractivity contribution < 1.29 is 9.90 Å². The topological polar surface area (TPSA) is 55.8 Å². The lowest BCUT2D eigenvalue weighted by Crippen LogP contribution is -2.53. The highest BCUT2D eigenvalue weighted by molar-refractivity contribution is 5.78. The summed E-state index contributed by atoms with van der Waals surface area (Å²) in [6.07, 6.45) is 2.65. The first-order valence-electron chi connectivity index (χ1n) is 7.56. The summed E-state index contributed by atoms with van der Waals surface area (Å²) in [5.41, 5.74) is -0.842. The fraction of sp³-hybridized carbons (Fsp3) is 0.933. The fourth-order valence-corrected chi connectivity index (χ4v) is 2.24. The molecule has 0 heterocycles. The van der Waals surface area contributed by atoms with E-state index in [2.05, 4.69) is 43.2 Å². The molecule has 120 valence electrons. The largest absolute Gasteiger partial charge is 0.480 e. The molecule has 0 aromatic heterocycles. The van der Waals surface area contributed by atoms with Crippen molar-refractivity contribution in [3.8, 4) is 0 Å². The summed E-state index contributed by atoms with van der Waals surface area (Å²) >= 11 is 0. The predicted octanol–water partition coefficient (Wildman–Crippen LogP) is 1.49. The molecule has 0 amide bonds. The highest BCUT2D eigenvalue weighted by Crippen LogP contribution is 2.16. The Labute approximate surface area is 124 Å². The first-order chi connectivity index (χ1) is 9.23. The zero-order valence-electron chi connectivity index (χ0n) is 14.1. The van der Waals surface area contributed by atoms with Crippen LogP contribution in [0.1, 0.15) is 40.0 Å². The minimum absolute atomic E-state index is 0.239. The quantitative estimate of drug-likeness (QED) is 0.603. The van der Waals surface area contributed by atoms with Gasteiger partial charge in [0.05, 0.1) is 0 Å². The molecular formula is C15H33N3O2. The van der Waals surface area contributed by atoms with Gasteiger partial charge in [-0.15, -0.1) is 0 Å². The number of nitrogens with one attached hydrogen (secondary N) is 1. The Morgan fingerprint density at radius 3 is 2.35 bits per heavy atom. The molecule has 0 aliphatic rings. The van der Waals surface area contributed by atoms with Crippen LogP contribution in [0.2, 0.25) is 0 Å². The maximum atomic E-state index is 11.5. The van der Waals surface area contributed by atoms with E-state index in [1.807, 2.05) is 6.92 Å². The van der Waals surface area contributed by atoms with E-state index in [1.165, 1.54) is 0 Å². The zero-order chi connectivity index (χ0) is 15.8. The molecule has 0 aliphatic carbocycles. The third-order valence-electron chi connectivity index (χ3n) is 3.81. The van der Waals surface area contributed by atoms with Crippen molar-refractivity contribution in [3.05, 3.63) is 0 Å². The molecule has 20 heavy (non-hydrogen) atoms. The minimum atomic E-state index is -0.842. The van der Waals surface area contributed by atoms with Crippen molar-refractivity contribution in [2.24, 2.45) is 0 Å². The second kappa shape index (κ2) is 9.32. The molecule has 0 spiro atoms. The Kier molecular flexibility index (Phi) is 9.01. The van der Waals surface area contributed by atoms with E-state index >= 15 is 0 Å². The number of aliphatic carboxylic acids is 1. The van der Waals surface area contributed by atoms with Gasteiger partial charge in [-0.25, -0.2) is 0 Å². The Morgan fingerprint density at radius 2 is 1.90 bits per heavy atom. The van der Waals surface area contributed by atoms with Crippen LogP contribution in [0.25, 0.3) is 0 Å². The van der Waals surface area contributed by atoms with Gasteiger partial charge in [-0.05, 0) is 73.9 Å². The van der Waals surface area contributed by atoms with Crippen LogP contribution < -0.4 is 5.32 Å². The fourth-order valence-electron chi connectivity index (χ4n) is 2.24. The van der Waals surface area contributed by atoms with Gasteiger partial charge >= 0.3 is 5.97 Å². The van der Waals surface area contributed by atoms with Crippen molar-refractivity contribution in [1.82, 2.24) is 15.1 Å². The Balaban J connectivity index is 4.36. The van der Waals surface area contributed by atoms with Crippen LogP contribution >= 0.6 is 0 Å². The molecule has 0 fully saturated rings. The van der Waals surface area contributed by atoms with E-state index in [-0.39, 0.29) is 6.04 Å². The number of hydrogen-bond acceptors (Lipinski definition) is 4. The second-order valence-corrected chi connectivity index (χ2v) is 6.25. The average Bonchev–Trinajstić information content (AvgIpc) is 2.35. The summed E-state index contributed by atoms with van der Waals surface area (Å²) in [5.74, 6) is -0.764. The van der Waals surface area contributed by atoms with Crippen LogP contribution in [0.15, 0.2) is 0 Å². The smallest absolute Gasteiger partial charge is 0.323 e. The molecule has 5 nitrogen and oxygen atoms in total. The maximum Gasteiger partial charge on any atom is 0.323 e. The number of rotatable bonds is 11. The summed E-state index contributed by atoms with van der Waals surface area (Å²) < 4.78 is 0. The normalized spacial score (nSPS) is 16.4. The van der Waals surface area contributed by atoms with E-state index in [0.717, 1.165) is 32.5 Å². The van der Waals surface area contributed by atoms with Crippen molar-refractivity contribution >= 4 is 5.97 Å². The summed E-state index contributed by atoms with van der Waals surface area (Å²) in [5, 5.41) is 12.6. The van der Waals surface area contributed by atoms with Gasteiger partial charge in [-0.2, -0.15) is 0 Å². The molecule has 0 aliphatic heterocycles. The molecular weight excluding hydrogens is 254 g/mol. The third-order valence-corrected chi connectivity index (χ3v) is 3.81. The Morgan fingerprint density at radius 1 is 1.30 bits per heavy atom. The van der Waals surface area contributed by atoms with Gasteiger partial charge in [0.25, 0.3) is 0 Å². The van der Waals surface area contributed by atoms with Gasteiger partial charge in [0.1, 0.15) is 5.54 Å². The van der Waals surface area contributed by atoms with Crippen molar-refractivity contribution in [2.75, 3.05) is 40.8 Å². The highest BCUT2D eigenvalue weighted by Gasteiger charge is 2.34. The number of nitrogens with zero attached hydrogens (tertiary/aromatic N) is 2. The molecule has 0 bridgehead atoms. The molecule has 0 aromatic rings. The van der Waals surface area contributed by atoms with E-state index in [9.17, 15) is 9.90 Å². The van der Waals surface area contributed by atoms with E-state index in [0.29, 0.717) is 6.42 Å². The monoisotopic (exact) mass is 287 g/mol. The van der Waals surface area contributed by atoms with Gasteiger partial charge in [-0.1, -0.05) is 6.92 Å². The molecule has 0 aromatic carbocycles. The molecule has 2 unspecified atom stereocenters. The lowest BCUT2D eigenvalue weighted by Gasteiger charge is -2.33. The number of carbonyl (C=O) groups is 1. The number of hydrogen-bond donors (Lipinski definition) is 2. The van der Waals surface area contributed by atoms with Crippen molar-refractivity contribution in [2.45, 2.75) is 51.6 Å². The lowest BCUT2D eigenvalue weighted by molar-refractivity contribution is -0.145. The molecule has 0 saturated carbocycles.